The number of hydrogen-bond donors (Lipinski definition) is 0. The summed E-state index contributed by atoms with van der Waals surface area (Å²) in [5, 5.41) is 7.29. The Morgan fingerprint density at radius 2 is 0.981 bits per heavy atom. The van der Waals surface area contributed by atoms with Crippen molar-refractivity contribution >= 4 is 43.4 Å². The molecule has 10 rings (SSSR count). The number of rotatable bonds is 4. The van der Waals surface area contributed by atoms with E-state index >= 15 is 0 Å². The number of hydrogen-bond acceptors (Lipinski definition) is 3. The first-order valence-corrected chi connectivity index (χ1v) is 18.7. The van der Waals surface area contributed by atoms with E-state index in [1.807, 2.05) is 18.2 Å². The van der Waals surface area contributed by atoms with Gasteiger partial charge in [0.2, 0.25) is 0 Å². The molecule has 0 bridgehead atoms. The maximum absolute atomic E-state index is 5.20. The highest BCUT2D eigenvalue weighted by molar-refractivity contribution is 6.13. The van der Waals surface area contributed by atoms with E-state index in [2.05, 4.69) is 160 Å². The molecule has 256 valence electrons. The Labute approximate surface area is 309 Å². The molecule has 0 aliphatic heterocycles. The maximum atomic E-state index is 5.20. The summed E-state index contributed by atoms with van der Waals surface area (Å²) >= 11 is 0. The molecule has 1 aliphatic carbocycles. The molecule has 0 spiro atoms. The van der Waals surface area contributed by atoms with E-state index < -0.39 is 0 Å². The van der Waals surface area contributed by atoms with Crippen molar-refractivity contribution in [3.05, 3.63) is 157 Å². The van der Waals surface area contributed by atoms with Crippen molar-refractivity contribution in [1.82, 2.24) is 19.5 Å². The zero-order valence-electron chi connectivity index (χ0n) is 30.6. The topological polar surface area (TPSA) is 43.6 Å². The number of benzene rings is 7. The molecule has 0 saturated carbocycles. The number of aromatic nitrogens is 4. The quantitative estimate of drug-likeness (QED) is 0.173. The number of para-hydroxylation sites is 1. The van der Waals surface area contributed by atoms with E-state index in [0.29, 0.717) is 17.5 Å². The molecule has 4 heteroatoms. The lowest BCUT2D eigenvalue weighted by atomic mass is 9.63. The van der Waals surface area contributed by atoms with Crippen molar-refractivity contribution in [2.45, 2.75) is 51.4 Å². The maximum Gasteiger partial charge on any atom is 0.164 e. The molecule has 1 aliphatic rings. The highest BCUT2D eigenvalue weighted by Crippen LogP contribution is 2.48. The fourth-order valence-electron chi connectivity index (χ4n) is 8.65. The van der Waals surface area contributed by atoms with Crippen LogP contribution < -0.4 is 0 Å². The monoisotopic (exact) mass is 684 g/mol. The summed E-state index contributed by atoms with van der Waals surface area (Å²) in [6.07, 6.45) is 2.38. The molecule has 2 heterocycles. The molecule has 4 nitrogen and oxygen atoms in total. The van der Waals surface area contributed by atoms with Crippen LogP contribution in [-0.2, 0) is 10.8 Å². The van der Waals surface area contributed by atoms with E-state index in [-0.39, 0.29) is 10.8 Å². The average molecular weight is 685 g/mol. The predicted molar refractivity (Wildman–Crippen MR) is 221 cm³/mol. The van der Waals surface area contributed by atoms with Gasteiger partial charge in [-0.25, -0.2) is 15.0 Å². The summed E-state index contributed by atoms with van der Waals surface area (Å²) < 4.78 is 2.43. The molecular weight excluding hydrogens is 645 g/mol. The van der Waals surface area contributed by atoms with Gasteiger partial charge in [0.15, 0.2) is 17.5 Å². The summed E-state index contributed by atoms with van der Waals surface area (Å²) in [4.78, 5) is 15.4. The third-order valence-electron chi connectivity index (χ3n) is 11.7. The second kappa shape index (κ2) is 11.7. The highest BCUT2D eigenvalue weighted by atomic mass is 15.0. The van der Waals surface area contributed by atoms with E-state index in [1.165, 1.54) is 56.5 Å². The fourth-order valence-corrected chi connectivity index (χ4v) is 8.65. The molecule has 53 heavy (non-hydrogen) atoms. The Hall–Kier alpha value is -6.13. The minimum atomic E-state index is 0.118. The molecule has 0 radical (unpaired) electrons. The summed E-state index contributed by atoms with van der Waals surface area (Å²) in [5.74, 6) is 1.97. The van der Waals surface area contributed by atoms with E-state index in [4.69, 9.17) is 15.0 Å². The van der Waals surface area contributed by atoms with E-state index in [9.17, 15) is 0 Å². The van der Waals surface area contributed by atoms with Crippen LogP contribution in [0.2, 0.25) is 0 Å². The minimum Gasteiger partial charge on any atom is -0.309 e. The zero-order valence-corrected chi connectivity index (χ0v) is 30.6. The second-order valence-electron chi connectivity index (χ2n) is 15.9. The number of fused-ring (bicyclic) bond motifs is 7. The Morgan fingerprint density at radius 1 is 0.434 bits per heavy atom. The van der Waals surface area contributed by atoms with Gasteiger partial charge >= 0.3 is 0 Å². The van der Waals surface area contributed by atoms with Crippen molar-refractivity contribution in [2.75, 3.05) is 0 Å². The fraction of sp³-hybridized carbons (Fsp3) is 0.163. The lowest BCUT2D eigenvalue weighted by Crippen LogP contribution is -2.33. The van der Waals surface area contributed by atoms with Gasteiger partial charge in [-0.1, -0.05) is 125 Å². The summed E-state index contributed by atoms with van der Waals surface area (Å²) in [5.41, 5.74) is 9.69. The second-order valence-corrected chi connectivity index (χ2v) is 15.9. The summed E-state index contributed by atoms with van der Waals surface area (Å²) in [6.45, 7) is 9.62. The lowest BCUT2D eigenvalue weighted by Gasteiger charge is -2.42. The van der Waals surface area contributed by atoms with E-state index in [0.717, 1.165) is 33.2 Å². The van der Waals surface area contributed by atoms with Crippen molar-refractivity contribution in [2.24, 2.45) is 0 Å². The molecule has 0 N–H and O–H groups in total. The number of nitrogens with zero attached hydrogens (tertiary/aromatic N) is 4. The summed E-state index contributed by atoms with van der Waals surface area (Å²) in [7, 11) is 0. The normalized spacial score (nSPS) is 14.9. The van der Waals surface area contributed by atoms with Crippen molar-refractivity contribution in [1.29, 1.82) is 0 Å². The third-order valence-corrected chi connectivity index (χ3v) is 11.7. The largest absolute Gasteiger partial charge is 0.309 e. The first kappa shape index (κ1) is 31.6. The van der Waals surface area contributed by atoms with Crippen LogP contribution in [0.25, 0.3) is 83.2 Å². The van der Waals surface area contributed by atoms with Gasteiger partial charge in [-0.05, 0) is 105 Å². The third kappa shape index (κ3) is 5.08. The van der Waals surface area contributed by atoms with Crippen LogP contribution in [-0.4, -0.2) is 19.5 Å². The SMILES string of the molecule is CC1(C)CCC(C)(C)c2cc3c(cc21)c1ccccc1n3-c1ccc(-c2nc(-c3ccccc3)nc(-c3cc4ccccc4c4ccccc34)n2)cc1. The predicted octanol–water partition coefficient (Wildman–Crippen LogP) is 12.6. The van der Waals surface area contributed by atoms with Gasteiger partial charge in [0.25, 0.3) is 0 Å². The molecule has 7 aromatic carbocycles. The first-order chi connectivity index (χ1) is 25.7. The summed E-state index contributed by atoms with van der Waals surface area (Å²) in [6, 6.07) is 52.1. The highest BCUT2D eigenvalue weighted by Gasteiger charge is 2.37. The Bertz CT molecular complexity index is 2880. The van der Waals surface area contributed by atoms with Gasteiger partial charge in [-0.3, -0.25) is 0 Å². The van der Waals surface area contributed by atoms with Gasteiger partial charge in [0, 0.05) is 33.2 Å². The van der Waals surface area contributed by atoms with Gasteiger partial charge in [-0.15, -0.1) is 0 Å². The van der Waals surface area contributed by atoms with Crippen LogP contribution in [0.3, 0.4) is 0 Å². The van der Waals surface area contributed by atoms with E-state index in [1.54, 1.807) is 0 Å². The zero-order chi connectivity index (χ0) is 35.9. The van der Waals surface area contributed by atoms with Gasteiger partial charge in [0.1, 0.15) is 0 Å². The molecular formula is C49H40N4. The Balaban J connectivity index is 1.15. The molecule has 0 unspecified atom stereocenters. The van der Waals surface area contributed by atoms with Crippen molar-refractivity contribution in [3.8, 4) is 39.9 Å². The Kier molecular flexibility index (Phi) is 6.97. The minimum absolute atomic E-state index is 0.118. The molecule has 9 aromatic rings. The molecule has 0 saturated heterocycles. The van der Waals surface area contributed by atoms with Crippen LogP contribution in [0.4, 0.5) is 0 Å². The molecule has 0 fully saturated rings. The Morgan fingerprint density at radius 3 is 1.70 bits per heavy atom. The standard InChI is InChI=1S/C49H40N4/c1-48(2)26-27-49(3,4)42-30-44-39(29-41(42)48)38-20-12-13-21-43(38)53(44)34-24-22-32(23-25-34)46-50-45(31-14-6-5-7-15-31)51-47(52-46)40-28-33-16-8-9-17-35(33)36-18-10-11-19-37(36)40/h5-25,28-30H,26-27H2,1-4H3. The van der Waals surface area contributed by atoms with Crippen LogP contribution in [0.5, 0.6) is 0 Å². The van der Waals surface area contributed by atoms with Crippen molar-refractivity contribution < 1.29 is 0 Å². The first-order valence-electron chi connectivity index (χ1n) is 18.7. The van der Waals surface area contributed by atoms with Crippen LogP contribution >= 0.6 is 0 Å². The molecule has 2 aromatic heterocycles. The van der Waals surface area contributed by atoms with Gasteiger partial charge < -0.3 is 4.57 Å². The van der Waals surface area contributed by atoms with Crippen molar-refractivity contribution in [3.63, 3.8) is 0 Å². The van der Waals surface area contributed by atoms with Crippen LogP contribution in [0.15, 0.2) is 146 Å². The van der Waals surface area contributed by atoms with Gasteiger partial charge in [0.05, 0.1) is 11.0 Å². The van der Waals surface area contributed by atoms with Gasteiger partial charge in [-0.2, -0.15) is 0 Å². The smallest absolute Gasteiger partial charge is 0.164 e. The van der Waals surface area contributed by atoms with Crippen LogP contribution in [0.1, 0.15) is 51.7 Å². The molecule has 0 atom stereocenters. The lowest BCUT2D eigenvalue weighted by molar-refractivity contribution is 0.332. The average Bonchev–Trinajstić information content (AvgIpc) is 3.53. The van der Waals surface area contributed by atoms with Crippen LogP contribution in [0, 0.1) is 0 Å². The molecule has 0 amide bonds.